The summed E-state index contributed by atoms with van der Waals surface area (Å²) in [4.78, 5) is 25.2. The van der Waals surface area contributed by atoms with E-state index >= 15 is 0 Å². The van der Waals surface area contributed by atoms with Crippen LogP contribution in [0.3, 0.4) is 0 Å². The molecule has 3 rings (SSSR count). The van der Waals surface area contributed by atoms with Gasteiger partial charge in [0, 0.05) is 19.5 Å². The Morgan fingerprint density at radius 2 is 1.97 bits per heavy atom. The van der Waals surface area contributed by atoms with E-state index in [-0.39, 0.29) is 17.3 Å². The van der Waals surface area contributed by atoms with Gasteiger partial charge in [0.25, 0.3) is 11.8 Å². The standard InChI is InChI=1S/C21H19ClF4N4O3/c1-4-29-10-27-30(20(29)32)16-9-17(33-11(2)21(3,25)26)12(8-15(16)24)19(31)28-18-13(22)6-5-7-14(18)23/h5-11H,4H2,1-3H3,(H,28,31). The number of benzene rings is 2. The number of hydrogen-bond acceptors (Lipinski definition) is 4. The van der Waals surface area contributed by atoms with E-state index in [1.807, 2.05) is 0 Å². The van der Waals surface area contributed by atoms with Crippen LogP contribution in [0.25, 0.3) is 5.69 Å². The van der Waals surface area contributed by atoms with E-state index in [0.29, 0.717) is 17.7 Å². The van der Waals surface area contributed by atoms with E-state index in [4.69, 9.17) is 16.3 Å². The molecule has 2 aromatic carbocycles. The molecular weight excluding hydrogens is 468 g/mol. The highest BCUT2D eigenvalue weighted by Crippen LogP contribution is 2.31. The molecule has 3 aromatic rings. The van der Waals surface area contributed by atoms with Gasteiger partial charge in [0.05, 0.1) is 16.3 Å². The van der Waals surface area contributed by atoms with Gasteiger partial charge in [0.2, 0.25) is 0 Å². The Balaban J connectivity index is 2.12. The molecule has 0 aliphatic carbocycles. The second kappa shape index (κ2) is 9.26. The molecule has 176 valence electrons. The van der Waals surface area contributed by atoms with Gasteiger partial charge in [0.1, 0.15) is 29.4 Å². The molecule has 0 saturated heterocycles. The first-order chi connectivity index (χ1) is 15.4. The molecule has 1 unspecified atom stereocenters. The van der Waals surface area contributed by atoms with Crippen molar-refractivity contribution in [2.75, 3.05) is 5.32 Å². The van der Waals surface area contributed by atoms with Crippen LogP contribution < -0.4 is 15.7 Å². The van der Waals surface area contributed by atoms with Crippen molar-refractivity contribution in [3.05, 3.63) is 69.4 Å². The largest absolute Gasteiger partial charge is 0.484 e. The third-order valence-electron chi connectivity index (χ3n) is 4.81. The first kappa shape index (κ1) is 24.3. The van der Waals surface area contributed by atoms with Crippen molar-refractivity contribution in [2.45, 2.75) is 39.3 Å². The number of alkyl halides is 2. The molecule has 0 aliphatic rings. The number of nitrogens with zero attached hydrogens (tertiary/aromatic N) is 3. The monoisotopic (exact) mass is 486 g/mol. The predicted molar refractivity (Wildman–Crippen MR) is 114 cm³/mol. The second-order valence-corrected chi connectivity index (χ2v) is 7.59. The van der Waals surface area contributed by atoms with E-state index in [1.54, 1.807) is 6.92 Å². The number of amides is 1. The summed E-state index contributed by atoms with van der Waals surface area (Å²) in [7, 11) is 0. The van der Waals surface area contributed by atoms with E-state index in [0.717, 1.165) is 19.1 Å². The SMILES string of the molecule is CCn1cnn(-c2cc(OC(C)C(C)(F)F)c(C(=O)Nc3c(F)cccc3Cl)cc2F)c1=O. The van der Waals surface area contributed by atoms with E-state index < -0.39 is 52.3 Å². The quantitative estimate of drug-likeness (QED) is 0.493. The Kier molecular flexibility index (Phi) is 6.82. The minimum atomic E-state index is -3.32. The molecular formula is C21H19ClF4N4O3. The molecule has 1 N–H and O–H groups in total. The number of para-hydroxylation sites is 1. The average molecular weight is 487 g/mol. The van der Waals surface area contributed by atoms with Crippen LogP contribution >= 0.6 is 11.6 Å². The van der Waals surface area contributed by atoms with Gasteiger partial charge in [-0.05, 0) is 32.0 Å². The molecule has 0 radical (unpaired) electrons. The van der Waals surface area contributed by atoms with Gasteiger partial charge in [-0.15, -0.1) is 0 Å². The molecule has 12 heteroatoms. The molecule has 1 amide bonds. The lowest BCUT2D eigenvalue weighted by Crippen LogP contribution is -2.33. The Morgan fingerprint density at radius 1 is 1.27 bits per heavy atom. The number of carbonyl (C=O) groups excluding carboxylic acids is 1. The maximum Gasteiger partial charge on any atom is 0.350 e. The second-order valence-electron chi connectivity index (χ2n) is 7.18. The number of aromatic nitrogens is 3. The minimum absolute atomic E-state index is 0.131. The van der Waals surface area contributed by atoms with Crippen LogP contribution in [0.15, 0.2) is 41.5 Å². The van der Waals surface area contributed by atoms with Gasteiger partial charge in [-0.3, -0.25) is 9.36 Å². The summed E-state index contributed by atoms with van der Waals surface area (Å²) in [5, 5.41) is 5.87. The average Bonchev–Trinajstić information content (AvgIpc) is 3.11. The first-order valence-electron chi connectivity index (χ1n) is 9.72. The van der Waals surface area contributed by atoms with Gasteiger partial charge >= 0.3 is 5.69 Å². The highest BCUT2D eigenvalue weighted by atomic mass is 35.5. The molecule has 1 heterocycles. The Bertz CT molecular complexity index is 1230. The molecule has 1 atom stereocenters. The lowest BCUT2D eigenvalue weighted by atomic mass is 10.1. The fraction of sp³-hybridized carbons (Fsp3) is 0.286. The van der Waals surface area contributed by atoms with Crippen LogP contribution in [0, 0.1) is 11.6 Å². The number of rotatable bonds is 7. The zero-order valence-corrected chi connectivity index (χ0v) is 18.5. The molecule has 0 fully saturated rings. The third-order valence-corrected chi connectivity index (χ3v) is 5.13. The smallest absolute Gasteiger partial charge is 0.350 e. The zero-order chi connectivity index (χ0) is 24.5. The fourth-order valence-electron chi connectivity index (χ4n) is 2.79. The number of halogens is 5. The van der Waals surface area contributed by atoms with Crippen molar-refractivity contribution in [1.29, 1.82) is 0 Å². The Morgan fingerprint density at radius 3 is 2.55 bits per heavy atom. The highest BCUT2D eigenvalue weighted by Gasteiger charge is 2.33. The van der Waals surface area contributed by atoms with Crippen LogP contribution in [0.2, 0.25) is 5.02 Å². The van der Waals surface area contributed by atoms with Gasteiger partial charge in [-0.1, -0.05) is 17.7 Å². The number of carbonyl (C=O) groups is 1. The molecule has 7 nitrogen and oxygen atoms in total. The predicted octanol–water partition coefficient (Wildman–Crippen LogP) is 4.66. The van der Waals surface area contributed by atoms with Crippen molar-refractivity contribution in [2.24, 2.45) is 0 Å². The minimum Gasteiger partial charge on any atom is -0.484 e. The van der Waals surface area contributed by atoms with Crippen molar-refractivity contribution < 1.29 is 27.1 Å². The Labute approximate surface area is 190 Å². The van der Waals surface area contributed by atoms with E-state index in [2.05, 4.69) is 10.4 Å². The molecule has 0 aliphatic heterocycles. The summed E-state index contributed by atoms with van der Waals surface area (Å²) in [6.45, 7) is 3.59. The molecule has 0 saturated carbocycles. The topological polar surface area (TPSA) is 78.2 Å². The summed E-state index contributed by atoms with van der Waals surface area (Å²) in [5.41, 5.74) is -2.01. The Hall–Kier alpha value is -3.34. The number of hydrogen-bond donors (Lipinski definition) is 1. The molecule has 1 aromatic heterocycles. The van der Waals surface area contributed by atoms with Gasteiger partial charge in [-0.25, -0.2) is 22.4 Å². The van der Waals surface area contributed by atoms with E-state index in [1.165, 1.54) is 23.0 Å². The lowest BCUT2D eigenvalue weighted by molar-refractivity contribution is -0.0719. The lowest BCUT2D eigenvalue weighted by Gasteiger charge is -2.23. The van der Waals surface area contributed by atoms with Crippen LogP contribution in [-0.2, 0) is 6.54 Å². The normalized spacial score (nSPS) is 12.5. The van der Waals surface area contributed by atoms with Crippen molar-refractivity contribution in [3.8, 4) is 11.4 Å². The fourth-order valence-corrected chi connectivity index (χ4v) is 3.00. The summed E-state index contributed by atoms with van der Waals surface area (Å²) in [6.07, 6.45) is -0.560. The van der Waals surface area contributed by atoms with Crippen molar-refractivity contribution >= 4 is 23.2 Å². The maximum atomic E-state index is 14.9. The van der Waals surface area contributed by atoms with Gasteiger partial charge < -0.3 is 10.1 Å². The third kappa shape index (κ3) is 5.03. The molecule has 0 spiro atoms. The summed E-state index contributed by atoms with van der Waals surface area (Å²) in [6, 6.07) is 5.27. The summed E-state index contributed by atoms with van der Waals surface area (Å²) < 4.78 is 63.7. The van der Waals surface area contributed by atoms with Gasteiger partial charge in [0.15, 0.2) is 6.10 Å². The van der Waals surface area contributed by atoms with Crippen molar-refractivity contribution in [1.82, 2.24) is 14.3 Å². The van der Waals surface area contributed by atoms with Crippen LogP contribution in [0.5, 0.6) is 5.75 Å². The molecule has 0 bridgehead atoms. The number of aryl methyl sites for hydroxylation is 1. The zero-order valence-electron chi connectivity index (χ0n) is 17.7. The van der Waals surface area contributed by atoms with Crippen LogP contribution in [0.1, 0.15) is 31.1 Å². The summed E-state index contributed by atoms with van der Waals surface area (Å²) >= 11 is 5.91. The number of anilines is 1. The summed E-state index contributed by atoms with van der Waals surface area (Å²) in [5.74, 6) is -6.78. The van der Waals surface area contributed by atoms with Crippen LogP contribution in [0.4, 0.5) is 23.2 Å². The first-order valence-corrected chi connectivity index (χ1v) is 10.1. The highest BCUT2D eigenvalue weighted by molar-refractivity contribution is 6.34. The number of nitrogens with one attached hydrogen (secondary N) is 1. The van der Waals surface area contributed by atoms with Crippen molar-refractivity contribution in [3.63, 3.8) is 0 Å². The maximum absolute atomic E-state index is 14.9. The van der Waals surface area contributed by atoms with E-state index in [9.17, 15) is 27.2 Å². The van der Waals surface area contributed by atoms with Gasteiger partial charge in [-0.2, -0.15) is 9.78 Å². The molecule has 33 heavy (non-hydrogen) atoms. The number of ether oxygens (including phenoxy) is 1. The van der Waals surface area contributed by atoms with Crippen LogP contribution in [-0.4, -0.2) is 32.3 Å².